The molecule has 0 aliphatic rings. The van der Waals surface area contributed by atoms with Crippen LogP contribution in [0.1, 0.15) is 11.1 Å². The lowest BCUT2D eigenvalue weighted by Gasteiger charge is -2.09. The molecule has 0 bridgehead atoms. The third-order valence-corrected chi connectivity index (χ3v) is 4.23. The Morgan fingerprint density at radius 3 is 2.32 bits per heavy atom. The summed E-state index contributed by atoms with van der Waals surface area (Å²) < 4.78 is 26.6. The van der Waals surface area contributed by atoms with Crippen LogP contribution < -0.4 is 4.72 Å². The number of hydrogen-bond acceptors (Lipinski definition) is 2. The predicted octanol–water partition coefficient (Wildman–Crippen LogP) is 3.59. The van der Waals surface area contributed by atoms with Crippen molar-refractivity contribution < 1.29 is 8.42 Å². The van der Waals surface area contributed by atoms with Crippen molar-refractivity contribution in [1.82, 2.24) is 0 Å². The van der Waals surface area contributed by atoms with Crippen LogP contribution in [0.3, 0.4) is 0 Å². The molecule has 0 amide bonds. The van der Waals surface area contributed by atoms with E-state index in [2.05, 4.69) is 4.72 Å². The average Bonchev–Trinajstić information content (AvgIpc) is 2.35. The molecule has 3 nitrogen and oxygen atoms in total. The van der Waals surface area contributed by atoms with Crippen molar-refractivity contribution in [3.8, 4) is 0 Å². The van der Waals surface area contributed by atoms with Crippen LogP contribution in [0.2, 0.25) is 5.02 Å². The molecule has 2 rings (SSSR count). The first-order chi connectivity index (χ1) is 8.96. The number of rotatable bonds is 4. The fraction of sp³-hybridized carbons (Fsp3) is 0.143. The second-order valence-corrected chi connectivity index (χ2v) is 6.45. The lowest BCUT2D eigenvalue weighted by molar-refractivity contribution is 0.600. The van der Waals surface area contributed by atoms with Gasteiger partial charge in [-0.2, -0.15) is 0 Å². The zero-order chi connectivity index (χ0) is 13.9. The van der Waals surface area contributed by atoms with Crippen molar-refractivity contribution in [2.75, 3.05) is 4.72 Å². The maximum Gasteiger partial charge on any atom is 0.236 e. The maximum absolute atomic E-state index is 12.0. The first-order valence-electron chi connectivity index (χ1n) is 5.77. The van der Waals surface area contributed by atoms with Gasteiger partial charge in [0.2, 0.25) is 10.0 Å². The van der Waals surface area contributed by atoms with Crippen LogP contribution >= 0.6 is 11.6 Å². The Morgan fingerprint density at radius 1 is 1.05 bits per heavy atom. The molecule has 0 aromatic heterocycles. The van der Waals surface area contributed by atoms with Gasteiger partial charge in [0.1, 0.15) is 0 Å². The summed E-state index contributed by atoms with van der Waals surface area (Å²) in [7, 11) is -3.46. The molecule has 0 spiro atoms. The van der Waals surface area contributed by atoms with Gasteiger partial charge in [-0.05, 0) is 30.7 Å². The minimum Gasteiger partial charge on any atom is -0.283 e. The van der Waals surface area contributed by atoms with Crippen LogP contribution in [0.25, 0.3) is 0 Å². The van der Waals surface area contributed by atoms with E-state index in [0.29, 0.717) is 16.3 Å². The van der Waals surface area contributed by atoms with Crippen molar-refractivity contribution in [2.45, 2.75) is 12.7 Å². The first kappa shape index (κ1) is 13.9. The van der Waals surface area contributed by atoms with Gasteiger partial charge in [0.25, 0.3) is 0 Å². The number of benzene rings is 2. The molecule has 0 fully saturated rings. The number of sulfonamides is 1. The second kappa shape index (κ2) is 5.63. The summed E-state index contributed by atoms with van der Waals surface area (Å²) in [4.78, 5) is 0. The molecule has 100 valence electrons. The van der Waals surface area contributed by atoms with Gasteiger partial charge in [-0.1, -0.05) is 47.5 Å². The highest BCUT2D eigenvalue weighted by Crippen LogP contribution is 2.19. The Kier molecular flexibility index (Phi) is 4.12. The standard InChI is InChI=1S/C14H14ClNO2S/c1-11-6-8-13(9-7-11)16-19(17,18)10-12-4-2-3-5-14(12)15/h2-9,16H,10H2,1H3. The molecule has 5 heteroatoms. The van der Waals surface area contributed by atoms with Gasteiger partial charge in [0, 0.05) is 10.7 Å². The molecule has 19 heavy (non-hydrogen) atoms. The summed E-state index contributed by atoms with van der Waals surface area (Å²) in [6.45, 7) is 1.95. The molecule has 2 aromatic carbocycles. The van der Waals surface area contributed by atoms with E-state index < -0.39 is 10.0 Å². The lowest BCUT2D eigenvalue weighted by Crippen LogP contribution is -2.15. The van der Waals surface area contributed by atoms with E-state index in [-0.39, 0.29) is 5.75 Å². The van der Waals surface area contributed by atoms with Gasteiger partial charge in [0.05, 0.1) is 5.75 Å². The first-order valence-corrected chi connectivity index (χ1v) is 7.80. The van der Waals surface area contributed by atoms with Gasteiger partial charge in [-0.15, -0.1) is 0 Å². The average molecular weight is 296 g/mol. The smallest absolute Gasteiger partial charge is 0.236 e. The molecule has 0 saturated carbocycles. The third kappa shape index (κ3) is 3.98. The molecule has 2 aromatic rings. The summed E-state index contributed by atoms with van der Waals surface area (Å²) in [5, 5.41) is 0.455. The van der Waals surface area contributed by atoms with Gasteiger partial charge >= 0.3 is 0 Å². The molecule has 0 atom stereocenters. The van der Waals surface area contributed by atoms with E-state index in [0.717, 1.165) is 5.56 Å². The van der Waals surface area contributed by atoms with Crippen LogP contribution in [0.4, 0.5) is 5.69 Å². The molecule has 0 radical (unpaired) electrons. The van der Waals surface area contributed by atoms with E-state index in [1.165, 1.54) is 0 Å². The van der Waals surface area contributed by atoms with Crippen molar-refractivity contribution in [3.05, 3.63) is 64.7 Å². The Morgan fingerprint density at radius 2 is 1.68 bits per heavy atom. The zero-order valence-electron chi connectivity index (χ0n) is 10.4. The Bertz CT molecular complexity index is 666. The summed E-state index contributed by atoms with van der Waals surface area (Å²) in [6.07, 6.45) is 0. The quantitative estimate of drug-likeness (QED) is 0.937. The molecule has 0 unspecified atom stereocenters. The van der Waals surface area contributed by atoms with Crippen molar-refractivity contribution in [3.63, 3.8) is 0 Å². The van der Waals surface area contributed by atoms with Crippen LogP contribution in [0, 0.1) is 6.92 Å². The summed E-state index contributed by atoms with van der Waals surface area (Å²) >= 11 is 5.96. The summed E-state index contributed by atoms with van der Waals surface area (Å²) in [5.41, 5.74) is 2.22. The maximum atomic E-state index is 12.0. The minimum absolute atomic E-state index is 0.138. The number of aryl methyl sites for hydroxylation is 1. The normalized spacial score (nSPS) is 11.3. The fourth-order valence-electron chi connectivity index (χ4n) is 1.66. The van der Waals surface area contributed by atoms with Crippen molar-refractivity contribution in [2.24, 2.45) is 0 Å². The highest BCUT2D eigenvalue weighted by Gasteiger charge is 2.13. The molecule has 0 aliphatic carbocycles. The van der Waals surface area contributed by atoms with Gasteiger partial charge in [-0.3, -0.25) is 4.72 Å². The zero-order valence-corrected chi connectivity index (χ0v) is 12.0. The Labute approximate surface area is 118 Å². The monoisotopic (exact) mass is 295 g/mol. The summed E-state index contributed by atoms with van der Waals surface area (Å²) in [5.74, 6) is -0.138. The molecular formula is C14H14ClNO2S. The number of hydrogen-bond donors (Lipinski definition) is 1. The Balaban J connectivity index is 2.15. The Hall–Kier alpha value is -1.52. The van der Waals surface area contributed by atoms with Gasteiger partial charge < -0.3 is 0 Å². The van der Waals surface area contributed by atoms with E-state index in [1.54, 1.807) is 36.4 Å². The largest absolute Gasteiger partial charge is 0.283 e. The molecule has 0 heterocycles. The molecule has 0 aliphatic heterocycles. The van der Waals surface area contributed by atoms with Gasteiger partial charge in [0.15, 0.2) is 0 Å². The van der Waals surface area contributed by atoms with Crippen LogP contribution in [0.5, 0.6) is 0 Å². The molecule has 1 N–H and O–H groups in total. The predicted molar refractivity (Wildman–Crippen MR) is 78.9 cm³/mol. The van der Waals surface area contributed by atoms with Crippen LogP contribution in [0.15, 0.2) is 48.5 Å². The van der Waals surface area contributed by atoms with Crippen LogP contribution in [-0.4, -0.2) is 8.42 Å². The van der Waals surface area contributed by atoms with Crippen molar-refractivity contribution in [1.29, 1.82) is 0 Å². The fourth-order valence-corrected chi connectivity index (χ4v) is 3.17. The number of nitrogens with one attached hydrogen (secondary N) is 1. The topological polar surface area (TPSA) is 46.2 Å². The van der Waals surface area contributed by atoms with E-state index in [9.17, 15) is 8.42 Å². The van der Waals surface area contributed by atoms with Gasteiger partial charge in [-0.25, -0.2) is 8.42 Å². The van der Waals surface area contributed by atoms with E-state index >= 15 is 0 Å². The van der Waals surface area contributed by atoms with E-state index in [4.69, 9.17) is 11.6 Å². The highest BCUT2D eigenvalue weighted by molar-refractivity contribution is 7.91. The summed E-state index contributed by atoms with van der Waals surface area (Å²) in [6, 6.07) is 14.1. The second-order valence-electron chi connectivity index (χ2n) is 4.32. The number of anilines is 1. The van der Waals surface area contributed by atoms with Crippen LogP contribution in [-0.2, 0) is 15.8 Å². The highest BCUT2D eigenvalue weighted by atomic mass is 35.5. The SMILES string of the molecule is Cc1ccc(NS(=O)(=O)Cc2ccccc2Cl)cc1. The van der Waals surface area contributed by atoms with Crippen molar-refractivity contribution >= 4 is 27.3 Å². The van der Waals surface area contributed by atoms with E-state index in [1.807, 2.05) is 19.1 Å². The molecular weight excluding hydrogens is 282 g/mol. The minimum atomic E-state index is -3.46. The lowest BCUT2D eigenvalue weighted by atomic mass is 10.2. The number of halogens is 1. The third-order valence-electron chi connectivity index (χ3n) is 2.63. The molecule has 0 saturated heterocycles.